The Bertz CT molecular complexity index is 476. The largest absolute Gasteiger partial charge is 0.398 e. The van der Waals surface area contributed by atoms with Gasteiger partial charge in [-0.2, -0.15) is 0 Å². The maximum absolute atomic E-state index is 13.0. The van der Waals surface area contributed by atoms with Crippen LogP contribution in [0.1, 0.15) is 36.0 Å². The number of nitrogen functional groups attached to an aromatic ring is 1. The Morgan fingerprint density at radius 3 is 2.78 bits per heavy atom. The van der Waals surface area contributed by atoms with Gasteiger partial charge < -0.3 is 5.73 Å². The van der Waals surface area contributed by atoms with Gasteiger partial charge in [0.05, 0.1) is 0 Å². The molecule has 0 saturated heterocycles. The Hall–Kier alpha value is -0.970. The number of hydrogen-bond donors (Lipinski definition) is 1. The van der Waals surface area contributed by atoms with E-state index < -0.39 is 5.92 Å². The van der Waals surface area contributed by atoms with Crippen molar-refractivity contribution in [1.82, 2.24) is 0 Å². The van der Waals surface area contributed by atoms with Crippen molar-refractivity contribution in [2.45, 2.75) is 31.6 Å². The van der Waals surface area contributed by atoms with Crippen LogP contribution in [-0.2, 0) is 0 Å². The summed E-state index contributed by atoms with van der Waals surface area (Å²) < 4.78 is 26.7. The summed E-state index contributed by atoms with van der Waals surface area (Å²) in [5.74, 6) is -2.89. The average Bonchev–Trinajstić information content (AvgIpc) is 2.62. The number of benzene rings is 1. The van der Waals surface area contributed by atoms with Crippen molar-refractivity contribution in [2.24, 2.45) is 5.92 Å². The van der Waals surface area contributed by atoms with E-state index in [0.29, 0.717) is 22.1 Å². The number of anilines is 1. The number of ketones is 1. The standard InChI is InChI=1S/C13H14BrF2NO/c14-10-6-9(1-2-11(10)17)12(18)5-8-3-4-13(15,16)7-8/h1-2,6,8H,3-5,7,17H2. The molecule has 0 spiro atoms. The monoisotopic (exact) mass is 317 g/mol. The van der Waals surface area contributed by atoms with Gasteiger partial charge in [0, 0.05) is 35.0 Å². The summed E-state index contributed by atoms with van der Waals surface area (Å²) in [4.78, 5) is 12.0. The van der Waals surface area contributed by atoms with E-state index in [4.69, 9.17) is 5.73 Å². The molecule has 18 heavy (non-hydrogen) atoms. The Morgan fingerprint density at radius 2 is 2.22 bits per heavy atom. The second-order valence-corrected chi connectivity index (χ2v) is 5.68. The normalized spacial score (nSPS) is 22.1. The highest BCUT2D eigenvalue weighted by molar-refractivity contribution is 9.10. The first-order chi connectivity index (χ1) is 8.37. The fourth-order valence-electron chi connectivity index (χ4n) is 2.30. The fraction of sp³-hybridized carbons (Fsp3) is 0.462. The molecule has 1 atom stereocenters. The zero-order chi connectivity index (χ0) is 13.3. The molecule has 0 amide bonds. The quantitative estimate of drug-likeness (QED) is 0.675. The van der Waals surface area contributed by atoms with E-state index in [0.717, 1.165) is 0 Å². The van der Waals surface area contributed by atoms with Gasteiger partial charge in [0.2, 0.25) is 5.92 Å². The molecule has 1 unspecified atom stereocenters. The van der Waals surface area contributed by atoms with Crippen molar-refractivity contribution in [3.8, 4) is 0 Å². The highest BCUT2D eigenvalue weighted by Gasteiger charge is 2.39. The minimum Gasteiger partial charge on any atom is -0.398 e. The van der Waals surface area contributed by atoms with Gasteiger partial charge >= 0.3 is 0 Å². The molecule has 0 bridgehead atoms. The summed E-state index contributed by atoms with van der Waals surface area (Å²) >= 11 is 3.25. The zero-order valence-electron chi connectivity index (χ0n) is 9.76. The number of Topliss-reactive ketones (excluding diaryl/α,β-unsaturated/α-hetero) is 1. The van der Waals surface area contributed by atoms with Gasteiger partial charge in [-0.15, -0.1) is 0 Å². The van der Waals surface area contributed by atoms with Crippen molar-refractivity contribution < 1.29 is 13.6 Å². The van der Waals surface area contributed by atoms with Crippen molar-refractivity contribution in [1.29, 1.82) is 0 Å². The molecule has 0 aromatic heterocycles. The lowest BCUT2D eigenvalue weighted by atomic mass is 9.97. The average molecular weight is 318 g/mol. The number of carbonyl (C=O) groups is 1. The third kappa shape index (κ3) is 3.07. The van der Waals surface area contributed by atoms with Crippen LogP contribution >= 0.6 is 15.9 Å². The van der Waals surface area contributed by atoms with Crippen LogP contribution in [0, 0.1) is 5.92 Å². The Kier molecular flexibility index (Phi) is 3.71. The Labute approximate surface area is 113 Å². The lowest BCUT2D eigenvalue weighted by Crippen LogP contribution is -2.12. The second kappa shape index (κ2) is 4.96. The second-order valence-electron chi connectivity index (χ2n) is 4.83. The highest BCUT2D eigenvalue weighted by atomic mass is 79.9. The minimum absolute atomic E-state index is 0.0987. The zero-order valence-corrected chi connectivity index (χ0v) is 11.3. The maximum Gasteiger partial charge on any atom is 0.248 e. The maximum atomic E-state index is 13.0. The fourth-order valence-corrected chi connectivity index (χ4v) is 2.68. The van der Waals surface area contributed by atoms with E-state index in [1.807, 2.05) is 0 Å². The molecule has 1 aromatic carbocycles. The molecule has 0 heterocycles. The van der Waals surface area contributed by atoms with Gasteiger partial charge in [0.15, 0.2) is 5.78 Å². The molecule has 0 aliphatic heterocycles. The van der Waals surface area contributed by atoms with Crippen LogP contribution in [0.25, 0.3) is 0 Å². The molecule has 1 fully saturated rings. The highest BCUT2D eigenvalue weighted by Crippen LogP contribution is 2.40. The third-order valence-corrected chi connectivity index (χ3v) is 3.99. The summed E-state index contributed by atoms with van der Waals surface area (Å²) in [5.41, 5.74) is 6.70. The summed E-state index contributed by atoms with van der Waals surface area (Å²) in [6.07, 6.45) is 0.339. The molecule has 0 radical (unpaired) electrons. The van der Waals surface area contributed by atoms with Crippen molar-refractivity contribution in [3.05, 3.63) is 28.2 Å². The van der Waals surface area contributed by atoms with Crippen molar-refractivity contribution in [3.63, 3.8) is 0 Å². The third-order valence-electron chi connectivity index (χ3n) is 3.30. The molecule has 98 valence electrons. The molecule has 2 N–H and O–H groups in total. The number of halogens is 3. The van der Waals surface area contributed by atoms with E-state index in [1.54, 1.807) is 18.2 Å². The van der Waals surface area contributed by atoms with Crippen LogP contribution in [0.5, 0.6) is 0 Å². The lowest BCUT2D eigenvalue weighted by molar-refractivity contribution is 0.00497. The van der Waals surface area contributed by atoms with Crippen LogP contribution in [0.4, 0.5) is 14.5 Å². The summed E-state index contributed by atoms with van der Waals surface area (Å²) in [5, 5.41) is 0. The molecular formula is C13H14BrF2NO. The first kappa shape index (κ1) is 13.5. The van der Waals surface area contributed by atoms with Crippen LogP contribution in [0.2, 0.25) is 0 Å². The van der Waals surface area contributed by atoms with Crippen LogP contribution < -0.4 is 5.73 Å². The van der Waals surface area contributed by atoms with Crippen LogP contribution in [0.15, 0.2) is 22.7 Å². The van der Waals surface area contributed by atoms with Crippen molar-refractivity contribution >= 4 is 27.4 Å². The van der Waals surface area contributed by atoms with Crippen LogP contribution in [0.3, 0.4) is 0 Å². The topological polar surface area (TPSA) is 43.1 Å². The number of carbonyl (C=O) groups excluding carboxylic acids is 1. The smallest absolute Gasteiger partial charge is 0.248 e. The molecule has 1 aromatic rings. The van der Waals surface area contributed by atoms with E-state index in [1.165, 1.54) is 0 Å². The van der Waals surface area contributed by atoms with Gasteiger partial charge in [-0.25, -0.2) is 8.78 Å². The minimum atomic E-state index is -2.59. The predicted octanol–water partition coefficient (Wildman–Crippen LogP) is 4.04. The van der Waals surface area contributed by atoms with E-state index in [-0.39, 0.29) is 31.0 Å². The first-order valence-electron chi connectivity index (χ1n) is 5.83. The summed E-state index contributed by atoms with van der Waals surface area (Å²) in [7, 11) is 0. The first-order valence-corrected chi connectivity index (χ1v) is 6.63. The molecule has 2 rings (SSSR count). The molecule has 5 heteroatoms. The van der Waals surface area contributed by atoms with Gasteiger partial charge in [-0.05, 0) is 46.5 Å². The van der Waals surface area contributed by atoms with E-state index in [9.17, 15) is 13.6 Å². The van der Waals surface area contributed by atoms with Gasteiger partial charge in [0.25, 0.3) is 0 Å². The van der Waals surface area contributed by atoms with Gasteiger partial charge in [-0.1, -0.05) is 0 Å². The Morgan fingerprint density at radius 1 is 1.50 bits per heavy atom. The molecular weight excluding hydrogens is 304 g/mol. The van der Waals surface area contributed by atoms with Crippen LogP contribution in [-0.4, -0.2) is 11.7 Å². The number of nitrogens with two attached hydrogens (primary N) is 1. The molecule has 1 aliphatic carbocycles. The lowest BCUT2D eigenvalue weighted by Gasteiger charge is -2.10. The summed E-state index contributed by atoms with van der Waals surface area (Å²) in [6, 6.07) is 4.92. The molecule has 1 saturated carbocycles. The van der Waals surface area contributed by atoms with E-state index >= 15 is 0 Å². The SMILES string of the molecule is Nc1ccc(C(=O)CC2CCC(F)(F)C2)cc1Br. The molecule has 1 aliphatic rings. The van der Waals surface area contributed by atoms with Crippen molar-refractivity contribution in [2.75, 3.05) is 5.73 Å². The van der Waals surface area contributed by atoms with Gasteiger partial charge in [-0.3, -0.25) is 4.79 Å². The van der Waals surface area contributed by atoms with E-state index in [2.05, 4.69) is 15.9 Å². The number of hydrogen-bond acceptors (Lipinski definition) is 2. The number of rotatable bonds is 3. The number of alkyl halides is 2. The predicted molar refractivity (Wildman–Crippen MR) is 69.8 cm³/mol. The Balaban J connectivity index is 2.02. The summed E-state index contributed by atoms with van der Waals surface area (Å²) in [6.45, 7) is 0. The van der Waals surface area contributed by atoms with Gasteiger partial charge in [0.1, 0.15) is 0 Å². The molecule has 2 nitrogen and oxygen atoms in total.